The van der Waals surface area contributed by atoms with Gasteiger partial charge in [0.15, 0.2) is 6.29 Å². The van der Waals surface area contributed by atoms with Gasteiger partial charge < -0.3 is 9.84 Å². The smallest absolute Gasteiger partial charge is 0.190 e. The molecule has 1 heterocycles. The summed E-state index contributed by atoms with van der Waals surface area (Å²) < 4.78 is 18.6. The zero-order valence-corrected chi connectivity index (χ0v) is 8.34. The molecule has 1 unspecified atom stereocenters. The fourth-order valence-corrected chi connectivity index (χ4v) is 2.28. The highest BCUT2D eigenvalue weighted by molar-refractivity contribution is 7.19. The summed E-state index contributed by atoms with van der Waals surface area (Å²) in [6.45, 7) is 0. The van der Waals surface area contributed by atoms with Crippen molar-refractivity contribution in [3.05, 3.63) is 35.0 Å². The molecule has 2 aromatic rings. The van der Waals surface area contributed by atoms with Crippen molar-refractivity contribution in [2.45, 2.75) is 6.29 Å². The predicted molar refractivity (Wildman–Crippen MR) is 53.8 cm³/mol. The van der Waals surface area contributed by atoms with Crippen LogP contribution in [0.25, 0.3) is 10.1 Å². The number of ether oxygens (including phenoxy) is 1. The van der Waals surface area contributed by atoms with Gasteiger partial charge in [-0.25, -0.2) is 4.39 Å². The Morgan fingerprint density at radius 2 is 2.21 bits per heavy atom. The molecule has 0 bridgehead atoms. The molecule has 0 aliphatic rings. The zero-order chi connectivity index (χ0) is 10.1. The maximum absolute atomic E-state index is 12.8. The monoisotopic (exact) mass is 212 g/mol. The minimum Gasteiger partial charge on any atom is -0.364 e. The molecular weight excluding hydrogens is 203 g/mol. The average molecular weight is 212 g/mol. The SMILES string of the molecule is COC(O)c1cc2cc(F)ccc2s1. The second-order valence-electron chi connectivity index (χ2n) is 2.92. The van der Waals surface area contributed by atoms with Crippen molar-refractivity contribution in [2.75, 3.05) is 7.11 Å². The summed E-state index contributed by atoms with van der Waals surface area (Å²) in [4.78, 5) is 0.688. The first kappa shape index (κ1) is 9.58. The predicted octanol–water partition coefficient (Wildman–Crippen LogP) is 2.68. The van der Waals surface area contributed by atoms with Crippen LogP contribution in [-0.4, -0.2) is 12.2 Å². The molecule has 0 saturated heterocycles. The Balaban J connectivity index is 2.51. The molecule has 1 N–H and O–H groups in total. The number of aliphatic hydroxyl groups is 1. The van der Waals surface area contributed by atoms with Crippen molar-refractivity contribution in [1.29, 1.82) is 0 Å². The summed E-state index contributed by atoms with van der Waals surface area (Å²) in [5.74, 6) is -0.270. The van der Waals surface area contributed by atoms with Crippen molar-refractivity contribution in [2.24, 2.45) is 0 Å². The third-order valence-electron chi connectivity index (χ3n) is 1.96. The molecule has 0 fully saturated rings. The molecule has 2 rings (SSSR count). The molecule has 0 aliphatic carbocycles. The Kier molecular flexibility index (Phi) is 2.50. The molecule has 0 radical (unpaired) electrons. The molecule has 0 spiro atoms. The molecule has 14 heavy (non-hydrogen) atoms. The second kappa shape index (κ2) is 3.65. The summed E-state index contributed by atoms with van der Waals surface area (Å²) in [6.07, 6.45) is -0.921. The van der Waals surface area contributed by atoms with Crippen molar-refractivity contribution in [1.82, 2.24) is 0 Å². The van der Waals surface area contributed by atoms with Crippen LogP contribution in [0.3, 0.4) is 0 Å². The number of thiophene rings is 1. The van der Waals surface area contributed by atoms with Gasteiger partial charge in [0.05, 0.1) is 4.88 Å². The Morgan fingerprint density at radius 1 is 1.43 bits per heavy atom. The van der Waals surface area contributed by atoms with E-state index in [4.69, 9.17) is 4.74 Å². The van der Waals surface area contributed by atoms with E-state index in [1.165, 1.54) is 30.6 Å². The quantitative estimate of drug-likeness (QED) is 0.775. The van der Waals surface area contributed by atoms with Gasteiger partial charge in [0.25, 0.3) is 0 Å². The molecule has 1 atom stereocenters. The van der Waals surface area contributed by atoms with E-state index in [-0.39, 0.29) is 5.82 Å². The van der Waals surface area contributed by atoms with Crippen LogP contribution in [0.2, 0.25) is 0 Å². The number of fused-ring (bicyclic) bond motifs is 1. The molecular formula is C10H9FO2S. The van der Waals surface area contributed by atoms with Gasteiger partial charge in [-0.1, -0.05) is 0 Å². The number of methoxy groups -OCH3 is 1. The molecule has 1 aromatic carbocycles. The number of hydrogen-bond donors (Lipinski definition) is 1. The molecule has 2 nitrogen and oxygen atoms in total. The fourth-order valence-electron chi connectivity index (χ4n) is 1.27. The largest absolute Gasteiger partial charge is 0.364 e. The first-order valence-corrected chi connectivity index (χ1v) is 4.92. The number of rotatable bonds is 2. The minimum absolute atomic E-state index is 0.270. The van der Waals surface area contributed by atoms with E-state index in [2.05, 4.69) is 0 Å². The third kappa shape index (κ3) is 1.64. The maximum Gasteiger partial charge on any atom is 0.190 e. The number of benzene rings is 1. The first-order valence-electron chi connectivity index (χ1n) is 4.10. The Bertz CT molecular complexity index is 452. The fraction of sp³-hybridized carbons (Fsp3) is 0.200. The van der Waals surface area contributed by atoms with E-state index in [0.29, 0.717) is 4.88 Å². The van der Waals surface area contributed by atoms with Crippen LogP contribution in [0.15, 0.2) is 24.3 Å². The first-order chi connectivity index (χ1) is 6.70. The second-order valence-corrected chi connectivity index (χ2v) is 4.03. The van der Waals surface area contributed by atoms with Crippen LogP contribution in [0.1, 0.15) is 11.2 Å². The lowest BCUT2D eigenvalue weighted by Gasteiger charge is -2.03. The van der Waals surface area contributed by atoms with Gasteiger partial charge in [0.2, 0.25) is 0 Å². The van der Waals surface area contributed by atoms with E-state index < -0.39 is 6.29 Å². The van der Waals surface area contributed by atoms with Gasteiger partial charge in [-0.3, -0.25) is 0 Å². The van der Waals surface area contributed by atoms with Gasteiger partial charge >= 0.3 is 0 Å². The molecule has 0 saturated carbocycles. The van der Waals surface area contributed by atoms with Crippen LogP contribution in [0.5, 0.6) is 0 Å². The summed E-state index contributed by atoms with van der Waals surface area (Å²) >= 11 is 1.40. The summed E-state index contributed by atoms with van der Waals surface area (Å²) in [7, 11) is 1.43. The Morgan fingerprint density at radius 3 is 2.93 bits per heavy atom. The summed E-state index contributed by atoms with van der Waals surface area (Å²) in [5.41, 5.74) is 0. The number of halogens is 1. The topological polar surface area (TPSA) is 29.5 Å². The van der Waals surface area contributed by atoms with Crippen molar-refractivity contribution >= 4 is 21.4 Å². The van der Waals surface area contributed by atoms with Gasteiger partial charge in [0, 0.05) is 11.8 Å². The van der Waals surface area contributed by atoms with Crippen LogP contribution in [-0.2, 0) is 4.74 Å². The lowest BCUT2D eigenvalue weighted by Crippen LogP contribution is -1.95. The van der Waals surface area contributed by atoms with Crippen molar-refractivity contribution in [3.63, 3.8) is 0 Å². The molecule has 74 valence electrons. The zero-order valence-electron chi connectivity index (χ0n) is 7.53. The van der Waals surface area contributed by atoms with E-state index in [1.54, 1.807) is 12.1 Å². The van der Waals surface area contributed by atoms with Crippen LogP contribution in [0.4, 0.5) is 4.39 Å². The van der Waals surface area contributed by atoms with E-state index in [0.717, 1.165) is 10.1 Å². The van der Waals surface area contributed by atoms with Crippen molar-refractivity contribution in [3.8, 4) is 0 Å². The highest BCUT2D eigenvalue weighted by Crippen LogP contribution is 2.30. The highest BCUT2D eigenvalue weighted by atomic mass is 32.1. The standard InChI is InChI=1S/C10H9FO2S/c1-13-10(12)9-5-6-4-7(11)2-3-8(6)14-9/h2-5,10,12H,1H3. The average Bonchev–Trinajstić information content (AvgIpc) is 2.59. The van der Waals surface area contributed by atoms with Crippen LogP contribution >= 0.6 is 11.3 Å². The molecule has 4 heteroatoms. The number of hydrogen-bond acceptors (Lipinski definition) is 3. The van der Waals surface area contributed by atoms with Gasteiger partial charge in [-0.05, 0) is 29.7 Å². The molecule has 0 amide bonds. The summed E-state index contributed by atoms with van der Waals surface area (Å²) in [5, 5.41) is 10.2. The molecule has 0 aliphatic heterocycles. The van der Waals surface area contributed by atoms with E-state index >= 15 is 0 Å². The lowest BCUT2D eigenvalue weighted by molar-refractivity contribution is -0.0742. The van der Waals surface area contributed by atoms with Gasteiger partial charge in [-0.2, -0.15) is 0 Å². The highest BCUT2D eigenvalue weighted by Gasteiger charge is 2.10. The Hall–Kier alpha value is -0.970. The van der Waals surface area contributed by atoms with Crippen LogP contribution in [0, 0.1) is 5.82 Å². The van der Waals surface area contributed by atoms with Crippen LogP contribution < -0.4 is 0 Å². The van der Waals surface area contributed by atoms with Crippen molar-refractivity contribution < 1.29 is 14.2 Å². The lowest BCUT2D eigenvalue weighted by atomic mass is 10.2. The van der Waals surface area contributed by atoms with E-state index in [9.17, 15) is 9.50 Å². The van der Waals surface area contributed by atoms with Gasteiger partial charge in [-0.15, -0.1) is 11.3 Å². The minimum atomic E-state index is -0.921. The third-order valence-corrected chi connectivity index (χ3v) is 3.11. The Labute approximate surface area is 84.6 Å². The normalized spacial score (nSPS) is 13.4. The molecule has 1 aromatic heterocycles. The number of aliphatic hydroxyl groups excluding tert-OH is 1. The maximum atomic E-state index is 12.8. The van der Waals surface area contributed by atoms with Gasteiger partial charge in [0.1, 0.15) is 5.82 Å². The van der Waals surface area contributed by atoms with E-state index in [1.807, 2.05) is 0 Å². The summed E-state index contributed by atoms with van der Waals surface area (Å²) in [6, 6.07) is 6.28.